The maximum atomic E-state index is 5.70. The van der Waals surface area contributed by atoms with E-state index in [0.29, 0.717) is 5.02 Å². The number of halogens is 1. The van der Waals surface area contributed by atoms with E-state index >= 15 is 0 Å². The van der Waals surface area contributed by atoms with Gasteiger partial charge in [-0.05, 0) is 6.07 Å². The number of nitrogens with zero attached hydrogens (tertiary/aromatic N) is 2. The minimum Gasteiger partial charge on any atom is -0.376 e. The van der Waals surface area contributed by atoms with Gasteiger partial charge in [-0.1, -0.05) is 11.6 Å². The number of anilines is 1. The van der Waals surface area contributed by atoms with Crippen molar-refractivity contribution in [2.45, 2.75) is 0 Å². The van der Waals surface area contributed by atoms with Crippen LogP contribution in [0.4, 0.5) is 5.69 Å². The van der Waals surface area contributed by atoms with Gasteiger partial charge in [0.1, 0.15) is 0 Å². The molecule has 0 saturated carbocycles. The Morgan fingerprint density at radius 3 is 2.50 bits per heavy atom. The first-order valence-electron chi connectivity index (χ1n) is 2.98. The zero-order valence-electron chi connectivity index (χ0n) is 6.00. The predicted octanol–water partition coefficient (Wildman–Crippen LogP) is 1.80. The van der Waals surface area contributed by atoms with Gasteiger partial charge in [0.25, 0.3) is 0 Å². The highest BCUT2D eigenvalue weighted by Crippen LogP contribution is 2.14. The van der Waals surface area contributed by atoms with Crippen LogP contribution in [0.25, 0.3) is 0 Å². The van der Waals surface area contributed by atoms with E-state index in [-0.39, 0.29) is 0 Å². The molecule has 0 atom stereocenters. The third kappa shape index (κ3) is 1.61. The van der Waals surface area contributed by atoms with E-state index in [4.69, 9.17) is 11.6 Å². The highest BCUT2D eigenvalue weighted by molar-refractivity contribution is 6.30. The molecule has 0 unspecified atom stereocenters. The summed E-state index contributed by atoms with van der Waals surface area (Å²) in [6, 6.07) is 1.87. The zero-order valence-corrected chi connectivity index (χ0v) is 6.76. The first-order valence-corrected chi connectivity index (χ1v) is 3.36. The summed E-state index contributed by atoms with van der Waals surface area (Å²) in [5.74, 6) is 0. The Hall–Kier alpha value is -0.760. The quantitative estimate of drug-likeness (QED) is 0.617. The average Bonchev–Trinajstić information content (AvgIpc) is 1.88. The molecule has 0 fully saturated rings. The van der Waals surface area contributed by atoms with E-state index in [0.717, 1.165) is 5.69 Å². The molecule has 0 aliphatic heterocycles. The van der Waals surface area contributed by atoms with Crippen LogP contribution in [0.2, 0.25) is 5.02 Å². The molecule has 1 rings (SSSR count). The standard InChI is InChI=1S/C7H9ClN2/c1-10(2)7-3-6(8)4-9-5-7/h3-5H,1-2H3. The van der Waals surface area contributed by atoms with Gasteiger partial charge in [-0.3, -0.25) is 4.98 Å². The number of hydrogen-bond donors (Lipinski definition) is 0. The second-order valence-electron chi connectivity index (χ2n) is 2.26. The molecule has 2 nitrogen and oxygen atoms in total. The molecular formula is C7H9ClN2. The number of rotatable bonds is 1. The minimum atomic E-state index is 0.672. The highest BCUT2D eigenvalue weighted by Gasteiger charge is 1.94. The van der Waals surface area contributed by atoms with Crippen molar-refractivity contribution in [1.29, 1.82) is 0 Å². The molecule has 0 amide bonds. The van der Waals surface area contributed by atoms with Gasteiger partial charge < -0.3 is 4.90 Å². The van der Waals surface area contributed by atoms with Crippen LogP contribution in [0.15, 0.2) is 18.5 Å². The van der Waals surface area contributed by atoms with Crippen LogP contribution in [-0.2, 0) is 0 Å². The van der Waals surface area contributed by atoms with E-state index in [1.54, 1.807) is 12.4 Å². The molecule has 0 spiro atoms. The number of aromatic nitrogens is 1. The van der Waals surface area contributed by atoms with Gasteiger partial charge in [0.05, 0.1) is 16.9 Å². The lowest BCUT2D eigenvalue weighted by Gasteiger charge is -2.10. The van der Waals surface area contributed by atoms with E-state index in [2.05, 4.69) is 4.98 Å². The van der Waals surface area contributed by atoms with Crippen molar-refractivity contribution in [1.82, 2.24) is 4.98 Å². The van der Waals surface area contributed by atoms with Crippen LogP contribution in [-0.4, -0.2) is 19.1 Å². The van der Waals surface area contributed by atoms with Gasteiger partial charge >= 0.3 is 0 Å². The van der Waals surface area contributed by atoms with Gasteiger partial charge in [0.15, 0.2) is 0 Å². The average molecular weight is 157 g/mol. The van der Waals surface area contributed by atoms with Crippen LogP contribution in [0.1, 0.15) is 0 Å². The Bertz CT molecular complexity index is 223. The van der Waals surface area contributed by atoms with Crippen LogP contribution < -0.4 is 4.90 Å². The fourth-order valence-electron chi connectivity index (χ4n) is 0.645. The van der Waals surface area contributed by atoms with Gasteiger partial charge in [-0.15, -0.1) is 0 Å². The van der Waals surface area contributed by atoms with Crippen molar-refractivity contribution in [3.63, 3.8) is 0 Å². The molecular weight excluding hydrogens is 148 g/mol. The van der Waals surface area contributed by atoms with Crippen LogP contribution in [0, 0.1) is 0 Å². The first-order chi connectivity index (χ1) is 4.70. The molecule has 1 aromatic rings. The molecule has 3 heteroatoms. The van der Waals surface area contributed by atoms with Crippen molar-refractivity contribution in [2.24, 2.45) is 0 Å². The summed E-state index contributed by atoms with van der Waals surface area (Å²) >= 11 is 5.70. The summed E-state index contributed by atoms with van der Waals surface area (Å²) in [5.41, 5.74) is 1.02. The monoisotopic (exact) mass is 156 g/mol. The van der Waals surface area contributed by atoms with Crippen molar-refractivity contribution >= 4 is 17.3 Å². The lowest BCUT2D eigenvalue weighted by Crippen LogP contribution is -2.08. The zero-order chi connectivity index (χ0) is 7.56. The molecule has 0 aliphatic rings. The van der Waals surface area contributed by atoms with Gasteiger partial charge in [-0.25, -0.2) is 0 Å². The van der Waals surface area contributed by atoms with Crippen molar-refractivity contribution in [2.75, 3.05) is 19.0 Å². The summed E-state index contributed by atoms with van der Waals surface area (Å²) in [6.07, 6.45) is 3.39. The lowest BCUT2D eigenvalue weighted by molar-refractivity contribution is 1.11. The maximum Gasteiger partial charge on any atom is 0.0609 e. The Kier molecular flexibility index (Phi) is 2.12. The Labute approximate surface area is 65.4 Å². The smallest absolute Gasteiger partial charge is 0.0609 e. The Morgan fingerprint density at radius 1 is 1.40 bits per heavy atom. The summed E-state index contributed by atoms with van der Waals surface area (Å²) < 4.78 is 0. The van der Waals surface area contributed by atoms with E-state index in [9.17, 15) is 0 Å². The second kappa shape index (κ2) is 2.88. The Balaban J connectivity index is 2.96. The van der Waals surface area contributed by atoms with Crippen LogP contribution >= 0.6 is 11.6 Å². The summed E-state index contributed by atoms with van der Waals surface area (Å²) in [4.78, 5) is 5.89. The molecule has 1 aromatic heterocycles. The lowest BCUT2D eigenvalue weighted by atomic mass is 10.4. The maximum absolute atomic E-state index is 5.70. The molecule has 0 aliphatic carbocycles. The predicted molar refractivity (Wildman–Crippen MR) is 43.6 cm³/mol. The normalized spacial score (nSPS) is 9.50. The SMILES string of the molecule is CN(C)c1cncc(Cl)c1. The molecule has 0 radical (unpaired) electrons. The summed E-state index contributed by atoms with van der Waals surface area (Å²) in [6.45, 7) is 0. The van der Waals surface area contributed by atoms with E-state index < -0.39 is 0 Å². The molecule has 10 heavy (non-hydrogen) atoms. The van der Waals surface area contributed by atoms with E-state index in [1.165, 1.54) is 0 Å². The number of pyridine rings is 1. The summed E-state index contributed by atoms with van der Waals surface area (Å²) in [5, 5.41) is 0.672. The van der Waals surface area contributed by atoms with Gasteiger partial charge in [0.2, 0.25) is 0 Å². The van der Waals surface area contributed by atoms with E-state index in [1.807, 2.05) is 25.1 Å². The third-order valence-electron chi connectivity index (χ3n) is 1.21. The summed E-state index contributed by atoms with van der Waals surface area (Å²) in [7, 11) is 3.90. The van der Waals surface area contributed by atoms with Crippen molar-refractivity contribution < 1.29 is 0 Å². The second-order valence-corrected chi connectivity index (χ2v) is 2.69. The highest BCUT2D eigenvalue weighted by atomic mass is 35.5. The van der Waals surface area contributed by atoms with Crippen LogP contribution in [0.5, 0.6) is 0 Å². The van der Waals surface area contributed by atoms with Gasteiger partial charge in [0, 0.05) is 20.3 Å². The van der Waals surface area contributed by atoms with Crippen LogP contribution in [0.3, 0.4) is 0 Å². The molecule has 54 valence electrons. The van der Waals surface area contributed by atoms with Crippen molar-refractivity contribution in [3.8, 4) is 0 Å². The fraction of sp³-hybridized carbons (Fsp3) is 0.286. The van der Waals surface area contributed by atoms with Crippen molar-refractivity contribution in [3.05, 3.63) is 23.5 Å². The molecule has 1 heterocycles. The molecule has 0 bridgehead atoms. The third-order valence-corrected chi connectivity index (χ3v) is 1.41. The largest absolute Gasteiger partial charge is 0.376 e. The molecule has 0 saturated heterocycles. The Morgan fingerprint density at radius 2 is 2.10 bits per heavy atom. The molecule has 0 aromatic carbocycles. The molecule has 0 N–H and O–H groups in total. The minimum absolute atomic E-state index is 0.672. The fourth-order valence-corrected chi connectivity index (χ4v) is 0.813. The first kappa shape index (κ1) is 7.35. The number of hydrogen-bond acceptors (Lipinski definition) is 2. The topological polar surface area (TPSA) is 16.1 Å². The van der Waals surface area contributed by atoms with Gasteiger partial charge in [-0.2, -0.15) is 0 Å².